The van der Waals surface area contributed by atoms with Gasteiger partial charge in [0.1, 0.15) is 5.65 Å². The Morgan fingerprint density at radius 2 is 2.04 bits per heavy atom. The molecule has 2 aromatic heterocycles. The van der Waals surface area contributed by atoms with Gasteiger partial charge in [0.2, 0.25) is 0 Å². The predicted octanol–water partition coefficient (Wildman–Crippen LogP) is 3.65. The number of benzene rings is 1. The van der Waals surface area contributed by atoms with E-state index in [2.05, 4.69) is 47.0 Å². The molecule has 1 unspecified atom stereocenters. The Balaban J connectivity index is 1.65. The van der Waals surface area contributed by atoms with Gasteiger partial charge in [-0.2, -0.15) is 0 Å². The lowest BCUT2D eigenvalue weighted by Crippen LogP contribution is -2.16. The van der Waals surface area contributed by atoms with E-state index in [1.165, 1.54) is 34.9 Å². The Kier molecular flexibility index (Phi) is 3.35. The number of nitrogens with two attached hydrogens (primary N) is 1. The smallest absolute Gasteiger partial charge is 0.140 e. The number of rotatable bonds is 2. The second-order valence-electron chi connectivity index (χ2n) is 7.54. The zero-order chi connectivity index (χ0) is 17.0. The highest BCUT2D eigenvalue weighted by molar-refractivity contribution is 5.97. The molecule has 2 N–H and O–H groups in total. The third kappa shape index (κ3) is 2.28. The molecular weight excluding hydrogens is 308 g/mol. The molecule has 0 saturated carbocycles. The molecule has 0 radical (unpaired) electrons. The van der Waals surface area contributed by atoms with Crippen molar-refractivity contribution in [1.82, 2.24) is 14.5 Å². The van der Waals surface area contributed by atoms with Crippen molar-refractivity contribution in [3.63, 3.8) is 0 Å². The van der Waals surface area contributed by atoms with Crippen molar-refractivity contribution in [1.29, 1.82) is 0 Å². The molecule has 1 aliphatic heterocycles. The van der Waals surface area contributed by atoms with E-state index in [0.717, 1.165) is 42.8 Å². The Hall–Kier alpha value is -2.33. The van der Waals surface area contributed by atoms with E-state index in [9.17, 15) is 0 Å². The first-order chi connectivity index (χ1) is 12.2. The summed E-state index contributed by atoms with van der Waals surface area (Å²) < 4.78 is 2.35. The number of nitrogens with zero attached hydrogens (tertiary/aromatic N) is 3. The van der Waals surface area contributed by atoms with Gasteiger partial charge in [0.05, 0.1) is 0 Å². The van der Waals surface area contributed by atoms with Gasteiger partial charge in [0, 0.05) is 41.6 Å². The maximum atomic E-state index is 6.57. The number of nitrogen functional groups attached to an aromatic ring is 1. The second-order valence-corrected chi connectivity index (χ2v) is 7.54. The van der Waals surface area contributed by atoms with E-state index in [4.69, 9.17) is 10.7 Å². The molecule has 25 heavy (non-hydrogen) atoms. The van der Waals surface area contributed by atoms with E-state index < -0.39 is 0 Å². The Bertz CT molecular complexity index is 956. The molecule has 128 valence electrons. The number of likely N-dealkylation sites (tertiary alicyclic amines) is 1. The second kappa shape index (κ2) is 5.60. The van der Waals surface area contributed by atoms with Gasteiger partial charge in [-0.15, -0.1) is 0 Å². The maximum absolute atomic E-state index is 6.57. The van der Waals surface area contributed by atoms with E-state index in [1.54, 1.807) is 0 Å². The molecule has 5 rings (SSSR count). The first-order valence-electron chi connectivity index (χ1n) is 9.27. The molecule has 0 spiro atoms. The highest BCUT2D eigenvalue weighted by atomic mass is 15.2. The molecule has 2 aliphatic rings. The van der Waals surface area contributed by atoms with Gasteiger partial charge in [0.25, 0.3) is 0 Å². The van der Waals surface area contributed by atoms with Crippen LogP contribution in [0.4, 0.5) is 5.69 Å². The number of aryl methyl sites for hydroxylation is 1. The summed E-state index contributed by atoms with van der Waals surface area (Å²) in [6.45, 7) is 2.25. The van der Waals surface area contributed by atoms with Crippen molar-refractivity contribution in [2.75, 3.05) is 25.9 Å². The Labute approximate surface area is 148 Å². The third-order valence-corrected chi connectivity index (χ3v) is 5.99. The summed E-state index contributed by atoms with van der Waals surface area (Å²) in [5, 5.41) is 1.21. The average molecular weight is 332 g/mol. The van der Waals surface area contributed by atoms with Crippen molar-refractivity contribution < 1.29 is 0 Å². The summed E-state index contributed by atoms with van der Waals surface area (Å²) >= 11 is 0. The van der Waals surface area contributed by atoms with Crippen molar-refractivity contribution in [3.05, 3.63) is 47.8 Å². The summed E-state index contributed by atoms with van der Waals surface area (Å²) in [6.07, 6.45) is 8.82. The van der Waals surface area contributed by atoms with E-state index in [-0.39, 0.29) is 0 Å². The minimum absolute atomic E-state index is 0.516. The number of pyridine rings is 1. The standard InChI is InChI=1S/C21H24N4/c1-24-11-8-15(13-24)25-12-9-19-17(7-10-23-21(19)25)18-6-5-14-3-2-4-16(14)20(18)22/h5-7,9-10,12,15H,2-4,8,11,13,22H2,1H3. The zero-order valence-corrected chi connectivity index (χ0v) is 14.7. The van der Waals surface area contributed by atoms with Crippen molar-refractivity contribution in [2.24, 2.45) is 0 Å². The van der Waals surface area contributed by atoms with Gasteiger partial charge in [-0.05, 0) is 68.1 Å². The summed E-state index contributed by atoms with van der Waals surface area (Å²) in [7, 11) is 2.19. The fourth-order valence-corrected chi connectivity index (χ4v) is 4.66. The van der Waals surface area contributed by atoms with Crippen LogP contribution in [0.5, 0.6) is 0 Å². The quantitative estimate of drug-likeness (QED) is 0.729. The van der Waals surface area contributed by atoms with E-state index >= 15 is 0 Å². The van der Waals surface area contributed by atoms with Crippen LogP contribution >= 0.6 is 0 Å². The molecule has 3 heterocycles. The SMILES string of the molecule is CN1CCC(n2ccc3c(-c4ccc5c(c4N)CCC5)ccnc32)C1. The number of likely N-dealkylation sites (N-methyl/N-ethyl adjacent to an activating group) is 1. The molecule has 1 aliphatic carbocycles. The first kappa shape index (κ1) is 15.0. The number of fused-ring (bicyclic) bond motifs is 2. The van der Waals surface area contributed by atoms with Crippen LogP contribution in [0, 0.1) is 0 Å². The molecule has 3 aromatic rings. The maximum Gasteiger partial charge on any atom is 0.140 e. The fourth-order valence-electron chi connectivity index (χ4n) is 4.66. The molecule has 1 fully saturated rings. The van der Waals surface area contributed by atoms with Crippen LogP contribution in [0.2, 0.25) is 0 Å². The van der Waals surface area contributed by atoms with Gasteiger partial charge in [-0.25, -0.2) is 4.98 Å². The molecule has 1 atom stereocenters. The van der Waals surface area contributed by atoms with Crippen LogP contribution in [0.15, 0.2) is 36.7 Å². The Morgan fingerprint density at radius 3 is 2.88 bits per heavy atom. The third-order valence-electron chi connectivity index (χ3n) is 5.99. The molecular formula is C21H24N4. The highest BCUT2D eigenvalue weighted by Crippen LogP contribution is 2.38. The van der Waals surface area contributed by atoms with E-state index in [0.29, 0.717) is 6.04 Å². The Morgan fingerprint density at radius 1 is 1.12 bits per heavy atom. The van der Waals surface area contributed by atoms with Gasteiger partial charge in [-0.1, -0.05) is 12.1 Å². The fraction of sp³-hybridized carbons (Fsp3) is 0.381. The minimum Gasteiger partial charge on any atom is -0.398 e. The monoisotopic (exact) mass is 332 g/mol. The molecule has 0 bridgehead atoms. The largest absolute Gasteiger partial charge is 0.398 e. The summed E-state index contributed by atoms with van der Waals surface area (Å²) in [5.41, 5.74) is 13.8. The van der Waals surface area contributed by atoms with E-state index in [1.807, 2.05) is 6.20 Å². The summed E-state index contributed by atoms with van der Waals surface area (Å²) in [5.74, 6) is 0. The molecule has 1 aromatic carbocycles. The number of anilines is 1. The van der Waals surface area contributed by atoms with Gasteiger partial charge >= 0.3 is 0 Å². The van der Waals surface area contributed by atoms with Crippen LogP contribution in [0.1, 0.15) is 30.0 Å². The number of hydrogen-bond acceptors (Lipinski definition) is 3. The van der Waals surface area contributed by atoms with Gasteiger partial charge in [-0.3, -0.25) is 0 Å². The highest BCUT2D eigenvalue weighted by Gasteiger charge is 2.24. The molecule has 4 nitrogen and oxygen atoms in total. The predicted molar refractivity (Wildman–Crippen MR) is 103 cm³/mol. The van der Waals surface area contributed by atoms with Gasteiger partial charge < -0.3 is 15.2 Å². The van der Waals surface area contributed by atoms with Crippen LogP contribution in [-0.2, 0) is 12.8 Å². The van der Waals surface area contributed by atoms with Crippen LogP contribution in [0.3, 0.4) is 0 Å². The topological polar surface area (TPSA) is 47.1 Å². The van der Waals surface area contributed by atoms with Crippen molar-refractivity contribution >= 4 is 16.7 Å². The van der Waals surface area contributed by atoms with Crippen LogP contribution in [0.25, 0.3) is 22.2 Å². The number of hydrogen-bond donors (Lipinski definition) is 1. The lowest BCUT2D eigenvalue weighted by atomic mass is 9.96. The lowest BCUT2D eigenvalue weighted by molar-refractivity contribution is 0.395. The van der Waals surface area contributed by atoms with Gasteiger partial charge in [0.15, 0.2) is 0 Å². The summed E-state index contributed by atoms with van der Waals surface area (Å²) in [6, 6.07) is 9.31. The number of aromatic nitrogens is 2. The molecule has 4 heteroatoms. The normalized spacial score (nSPS) is 20.4. The average Bonchev–Trinajstić information content (AvgIpc) is 3.33. The molecule has 0 amide bonds. The lowest BCUT2D eigenvalue weighted by Gasteiger charge is -2.15. The van der Waals surface area contributed by atoms with Crippen LogP contribution in [-0.4, -0.2) is 34.6 Å². The first-order valence-corrected chi connectivity index (χ1v) is 9.27. The van der Waals surface area contributed by atoms with Crippen molar-refractivity contribution in [2.45, 2.75) is 31.7 Å². The van der Waals surface area contributed by atoms with Crippen LogP contribution < -0.4 is 5.73 Å². The zero-order valence-electron chi connectivity index (χ0n) is 14.7. The minimum atomic E-state index is 0.516. The molecule has 1 saturated heterocycles. The van der Waals surface area contributed by atoms with Crippen molar-refractivity contribution in [3.8, 4) is 11.1 Å². The summed E-state index contributed by atoms with van der Waals surface area (Å²) in [4.78, 5) is 7.09.